The highest BCUT2D eigenvalue weighted by Crippen LogP contribution is 2.23. The van der Waals surface area contributed by atoms with E-state index in [1.165, 1.54) is 12.1 Å². The Balaban J connectivity index is 0.00000324. The zero-order valence-electron chi connectivity index (χ0n) is 11.8. The van der Waals surface area contributed by atoms with Crippen LogP contribution >= 0.6 is 12.4 Å². The number of hydrogen-bond acceptors (Lipinski definition) is 2. The molecule has 1 atom stereocenters. The van der Waals surface area contributed by atoms with Crippen molar-refractivity contribution >= 4 is 18.3 Å². The second kappa shape index (κ2) is 7.46. The molecule has 0 aliphatic carbocycles. The summed E-state index contributed by atoms with van der Waals surface area (Å²) in [4.78, 5) is 12.1. The van der Waals surface area contributed by atoms with Gasteiger partial charge in [-0.25, -0.2) is 4.39 Å². The monoisotopic (exact) mass is 288 g/mol. The number of likely N-dealkylation sites (N-methyl/N-ethyl adjacent to an activating group) is 1. The van der Waals surface area contributed by atoms with Gasteiger partial charge in [-0.15, -0.1) is 12.4 Å². The van der Waals surface area contributed by atoms with Gasteiger partial charge in [0.25, 0.3) is 0 Å². The Morgan fingerprint density at radius 1 is 1.42 bits per heavy atom. The maximum atomic E-state index is 13.2. The van der Waals surface area contributed by atoms with Gasteiger partial charge in [-0.05, 0) is 45.5 Å². The highest BCUT2D eigenvalue weighted by Gasteiger charge is 2.29. The largest absolute Gasteiger partial charge is 0.354 e. The SMILES string of the molecule is CNC(C)CNC(=O)C(C)(C)c1cccc(F)c1.Cl. The molecule has 1 unspecified atom stereocenters. The second-order valence-corrected chi connectivity index (χ2v) is 5.04. The third-order valence-corrected chi connectivity index (χ3v) is 3.18. The van der Waals surface area contributed by atoms with Crippen LogP contribution in [0.1, 0.15) is 26.3 Å². The van der Waals surface area contributed by atoms with E-state index in [0.717, 1.165) is 0 Å². The Morgan fingerprint density at radius 3 is 2.58 bits per heavy atom. The summed E-state index contributed by atoms with van der Waals surface area (Å²) in [6, 6.07) is 6.37. The van der Waals surface area contributed by atoms with Crippen molar-refractivity contribution in [1.82, 2.24) is 10.6 Å². The molecule has 2 N–H and O–H groups in total. The van der Waals surface area contributed by atoms with Gasteiger partial charge in [0.15, 0.2) is 0 Å². The van der Waals surface area contributed by atoms with Crippen LogP contribution in [0.3, 0.4) is 0 Å². The fourth-order valence-electron chi connectivity index (χ4n) is 1.58. The molecule has 0 bridgehead atoms. The van der Waals surface area contributed by atoms with Gasteiger partial charge in [-0.1, -0.05) is 12.1 Å². The standard InChI is InChI=1S/C14H21FN2O.ClH/c1-10(16-4)9-17-13(18)14(2,3)11-6-5-7-12(15)8-11;/h5-8,10,16H,9H2,1-4H3,(H,17,18);1H. The van der Waals surface area contributed by atoms with Crippen LogP contribution in [0.4, 0.5) is 4.39 Å². The zero-order chi connectivity index (χ0) is 13.8. The maximum absolute atomic E-state index is 13.2. The first-order valence-electron chi connectivity index (χ1n) is 6.09. The lowest BCUT2D eigenvalue weighted by Gasteiger charge is -2.25. The first-order valence-corrected chi connectivity index (χ1v) is 6.09. The number of rotatable bonds is 5. The molecule has 0 aliphatic rings. The fourth-order valence-corrected chi connectivity index (χ4v) is 1.58. The molecule has 0 fully saturated rings. The average molecular weight is 289 g/mol. The first kappa shape index (κ1) is 17.9. The van der Waals surface area contributed by atoms with Crippen LogP contribution in [-0.4, -0.2) is 25.5 Å². The summed E-state index contributed by atoms with van der Waals surface area (Å²) in [5, 5.41) is 5.91. The van der Waals surface area contributed by atoms with Crippen LogP contribution in [-0.2, 0) is 10.2 Å². The third-order valence-electron chi connectivity index (χ3n) is 3.18. The summed E-state index contributed by atoms with van der Waals surface area (Å²) in [5.74, 6) is -0.424. The number of hydrogen-bond donors (Lipinski definition) is 2. The van der Waals surface area contributed by atoms with E-state index in [1.807, 2.05) is 14.0 Å². The maximum Gasteiger partial charge on any atom is 0.230 e. The number of carbonyl (C=O) groups excluding carboxylic acids is 1. The highest BCUT2D eigenvalue weighted by atomic mass is 35.5. The molecule has 1 aromatic carbocycles. The van der Waals surface area contributed by atoms with Gasteiger partial charge in [0.2, 0.25) is 5.91 Å². The highest BCUT2D eigenvalue weighted by molar-refractivity contribution is 5.87. The molecule has 19 heavy (non-hydrogen) atoms. The van der Waals surface area contributed by atoms with Crippen molar-refractivity contribution in [3.8, 4) is 0 Å². The van der Waals surface area contributed by atoms with Gasteiger partial charge in [0, 0.05) is 12.6 Å². The van der Waals surface area contributed by atoms with Crippen LogP contribution in [0.15, 0.2) is 24.3 Å². The summed E-state index contributed by atoms with van der Waals surface area (Å²) in [5.41, 5.74) is -0.0626. The van der Waals surface area contributed by atoms with Crippen molar-refractivity contribution in [3.63, 3.8) is 0 Å². The predicted octanol–water partition coefficient (Wildman–Crippen LogP) is 2.25. The molecular formula is C14H22ClFN2O. The van der Waals surface area contributed by atoms with Gasteiger partial charge in [0.05, 0.1) is 5.41 Å². The Morgan fingerprint density at radius 2 is 2.05 bits per heavy atom. The molecule has 0 saturated carbocycles. The predicted molar refractivity (Wildman–Crippen MR) is 78.2 cm³/mol. The Bertz CT molecular complexity index is 424. The van der Waals surface area contributed by atoms with Crippen molar-refractivity contribution < 1.29 is 9.18 Å². The summed E-state index contributed by atoms with van der Waals surface area (Å²) in [7, 11) is 1.84. The number of halogens is 2. The molecule has 0 spiro atoms. The average Bonchev–Trinajstić information content (AvgIpc) is 2.35. The molecule has 0 aromatic heterocycles. The van der Waals surface area contributed by atoms with Gasteiger partial charge in [0.1, 0.15) is 5.82 Å². The minimum absolute atomic E-state index is 0. The molecule has 3 nitrogen and oxygen atoms in total. The van der Waals surface area contributed by atoms with Crippen molar-refractivity contribution in [2.24, 2.45) is 0 Å². The number of carbonyl (C=O) groups is 1. The lowest BCUT2D eigenvalue weighted by molar-refractivity contribution is -0.125. The number of amides is 1. The van der Waals surface area contributed by atoms with E-state index in [9.17, 15) is 9.18 Å². The van der Waals surface area contributed by atoms with Crippen molar-refractivity contribution in [2.75, 3.05) is 13.6 Å². The first-order chi connectivity index (χ1) is 8.37. The third kappa shape index (κ3) is 4.80. The molecule has 1 aromatic rings. The van der Waals surface area contributed by atoms with Crippen LogP contribution in [0, 0.1) is 5.82 Å². The van der Waals surface area contributed by atoms with E-state index in [4.69, 9.17) is 0 Å². The number of nitrogens with one attached hydrogen (secondary N) is 2. The summed E-state index contributed by atoms with van der Waals surface area (Å²) < 4.78 is 13.2. The molecule has 5 heteroatoms. The fraction of sp³-hybridized carbons (Fsp3) is 0.500. The van der Waals surface area contributed by atoms with E-state index in [0.29, 0.717) is 12.1 Å². The molecule has 0 radical (unpaired) electrons. The second-order valence-electron chi connectivity index (χ2n) is 5.04. The number of benzene rings is 1. The van der Waals surface area contributed by atoms with Crippen LogP contribution in [0.2, 0.25) is 0 Å². The summed E-state index contributed by atoms with van der Waals surface area (Å²) >= 11 is 0. The van der Waals surface area contributed by atoms with Crippen LogP contribution in [0.5, 0.6) is 0 Å². The smallest absolute Gasteiger partial charge is 0.230 e. The lowest BCUT2D eigenvalue weighted by atomic mass is 9.83. The Kier molecular flexibility index (Phi) is 7.01. The van der Waals surface area contributed by atoms with Crippen molar-refractivity contribution in [2.45, 2.75) is 32.2 Å². The van der Waals surface area contributed by atoms with E-state index in [2.05, 4.69) is 10.6 Å². The van der Waals surface area contributed by atoms with Gasteiger partial charge < -0.3 is 10.6 Å². The summed E-state index contributed by atoms with van der Waals surface area (Å²) in [6.07, 6.45) is 0. The van der Waals surface area contributed by atoms with Gasteiger partial charge in [-0.3, -0.25) is 4.79 Å². The van der Waals surface area contributed by atoms with Gasteiger partial charge in [-0.2, -0.15) is 0 Å². The van der Waals surface area contributed by atoms with E-state index >= 15 is 0 Å². The van der Waals surface area contributed by atoms with Crippen molar-refractivity contribution in [1.29, 1.82) is 0 Å². The minimum Gasteiger partial charge on any atom is -0.354 e. The minimum atomic E-state index is -0.741. The Labute approximate surface area is 120 Å². The Hall–Kier alpha value is -1.13. The van der Waals surface area contributed by atoms with Crippen LogP contribution < -0.4 is 10.6 Å². The molecule has 0 heterocycles. The van der Waals surface area contributed by atoms with Crippen molar-refractivity contribution in [3.05, 3.63) is 35.6 Å². The molecular weight excluding hydrogens is 267 g/mol. The molecule has 0 saturated heterocycles. The molecule has 1 amide bonds. The quantitative estimate of drug-likeness (QED) is 0.872. The van der Waals surface area contributed by atoms with Gasteiger partial charge >= 0.3 is 0 Å². The normalized spacial score (nSPS) is 12.5. The topological polar surface area (TPSA) is 41.1 Å². The lowest BCUT2D eigenvalue weighted by Crippen LogP contribution is -2.45. The molecule has 108 valence electrons. The zero-order valence-corrected chi connectivity index (χ0v) is 12.6. The van der Waals surface area contributed by atoms with Crippen LogP contribution in [0.25, 0.3) is 0 Å². The van der Waals surface area contributed by atoms with E-state index < -0.39 is 5.41 Å². The van der Waals surface area contributed by atoms with E-state index in [-0.39, 0.29) is 30.2 Å². The molecule has 0 aliphatic heterocycles. The van der Waals surface area contributed by atoms with E-state index in [1.54, 1.807) is 26.0 Å². The summed E-state index contributed by atoms with van der Waals surface area (Å²) in [6.45, 7) is 6.12. The molecule has 1 rings (SSSR count).